The van der Waals surface area contributed by atoms with Crippen LogP contribution in [-0.4, -0.2) is 26.2 Å². The average Bonchev–Trinajstić information content (AvgIpc) is 2.36. The molecule has 0 aliphatic rings. The molecule has 1 atom stereocenters. The van der Waals surface area contributed by atoms with Crippen molar-refractivity contribution in [2.75, 3.05) is 6.54 Å². The van der Waals surface area contributed by atoms with Crippen LogP contribution in [0.2, 0.25) is 0 Å². The van der Waals surface area contributed by atoms with Gasteiger partial charge in [0.2, 0.25) is 10.0 Å². The van der Waals surface area contributed by atoms with Gasteiger partial charge in [-0.15, -0.1) is 0 Å². The van der Waals surface area contributed by atoms with Crippen molar-refractivity contribution in [2.24, 2.45) is 0 Å². The Labute approximate surface area is 106 Å². The molecule has 2 rings (SSSR count). The number of sulfonamides is 1. The largest absolute Gasteiger partial charge is 0.392 e. The molecular weight excluding hydrogens is 250 g/mol. The van der Waals surface area contributed by atoms with Crippen LogP contribution in [0.3, 0.4) is 0 Å². The summed E-state index contributed by atoms with van der Waals surface area (Å²) < 4.78 is 26.3. The van der Waals surface area contributed by atoms with Gasteiger partial charge in [0.15, 0.2) is 0 Å². The van der Waals surface area contributed by atoms with Crippen LogP contribution in [0.15, 0.2) is 47.4 Å². The lowest BCUT2D eigenvalue weighted by atomic mass is 10.1. The molecule has 0 spiro atoms. The Morgan fingerprint density at radius 1 is 1.17 bits per heavy atom. The van der Waals surface area contributed by atoms with Crippen LogP contribution in [0.5, 0.6) is 0 Å². The van der Waals surface area contributed by atoms with Crippen LogP contribution in [0.25, 0.3) is 10.8 Å². The second kappa shape index (κ2) is 5.06. The van der Waals surface area contributed by atoms with Gasteiger partial charge in [-0.2, -0.15) is 0 Å². The Morgan fingerprint density at radius 3 is 2.50 bits per heavy atom. The minimum absolute atomic E-state index is 0.00909. The maximum absolute atomic E-state index is 12.0. The number of nitrogens with one attached hydrogen (secondary N) is 1. The molecule has 5 heteroatoms. The van der Waals surface area contributed by atoms with Gasteiger partial charge < -0.3 is 5.11 Å². The number of rotatable bonds is 4. The van der Waals surface area contributed by atoms with Gasteiger partial charge in [0, 0.05) is 6.54 Å². The predicted molar refractivity (Wildman–Crippen MR) is 70.8 cm³/mol. The first-order valence-electron chi connectivity index (χ1n) is 5.65. The maximum atomic E-state index is 12.0. The molecule has 96 valence electrons. The maximum Gasteiger partial charge on any atom is 0.240 e. The molecule has 0 saturated heterocycles. The smallest absolute Gasteiger partial charge is 0.240 e. The van der Waals surface area contributed by atoms with Gasteiger partial charge in [0.05, 0.1) is 11.0 Å². The molecule has 0 bridgehead atoms. The average molecular weight is 265 g/mol. The fourth-order valence-electron chi connectivity index (χ4n) is 1.65. The van der Waals surface area contributed by atoms with E-state index in [9.17, 15) is 8.42 Å². The summed E-state index contributed by atoms with van der Waals surface area (Å²) in [4.78, 5) is 0.210. The molecule has 2 N–H and O–H groups in total. The number of fused-ring (bicyclic) bond motifs is 1. The summed E-state index contributed by atoms with van der Waals surface area (Å²) in [5.41, 5.74) is 0. The molecule has 0 aliphatic carbocycles. The van der Waals surface area contributed by atoms with Crippen molar-refractivity contribution < 1.29 is 13.5 Å². The van der Waals surface area contributed by atoms with Crippen molar-refractivity contribution in [3.63, 3.8) is 0 Å². The van der Waals surface area contributed by atoms with Gasteiger partial charge in [-0.25, -0.2) is 13.1 Å². The summed E-state index contributed by atoms with van der Waals surface area (Å²) in [7, 11) is -3.56. The summed E-state index contributed by atoms with van der Waals surface area (Å²) in [5.74, 6) is 0. The van der Waals surface area contributed by atoms with E-state index < -0.39 is 16.1 Å². The fourth-order valence-corrected chi connectivity index (χ4v) is 2.80. The highest BCUT2D eigenvalue weighted by atomic mass is 32.2. The van der Waals surface area contributed by atoms with Crippen LogP contribution in [0.1, 0.15) is 6.92 Å². The number of hydrogen-bond donors (Lipinski definition) is 2. The van der Waals surface area contributed by atoms with Gasteiger partial charge >= 0.3 is 0 Å². The fraction of sp³-hybridized carbons (Fsp3) is 0.231. The van der Waals surface area contributed by atoms with Gasteiger partial charge in [-0.05, 0) is 29.8 Å². The SMILES string of the molecule is CC(O)CNS(=O)(=O)c1ccc2ccccc2c1. The summed E-state index contributed by atoms with van der Waals surface area (Å²) in [6, 6.07) is 12.5. The van der Waals surface area contributed by atoms with E-state index in [1.54, 1.807) is 18.2 Å². The van der Waals surface area contributed by atoms with Crippen molar-refractivity contribution in [3.8, 4) is 0 Å². The standard InChI is InChI=1S/C13H15NO3S/c1-10(15)9-14-18(16,17)13-7-6-11-4-2-3-5-12(11)8-13/h2-8,10,14-15H,9H2,1H3. The molecule has 2 aromatic carbocycles. The van der Waals surface area contributed by atoms with E-state index in [0.29, 0.717) is 0 Å². The van der Waals surface area contributed by atoms with Crippen LogP contribution in [-0.2, 0) is 10.0 Å². The Hall–Kier alpha value is -1.43. The quantitative estimate of drug-likeness (QED) is 0.880. The molecule has 2 aromatic rings. The van der Waals surface area contributed by atoms with E-state index in [4.69, 9.17) is 5.11 Å². The highest BCUT2D eigenvalue weighted by Crippen LogP contribution is 2.18. The third-order valence-electron chi connectivity index (χ3n) is 2.60. The van der Waals surface area contributed by atoms with E-state index in [1.807, 2.05) is 24.3 Å². The van der Waals surface area contributed by atoms with Crippen molar-refractivity contribution in [2.45, 2.75) is 17.9 Å². The molecule has 0 aromatic heterocycles. The van der Waals surface area contributed by atoms with E-state index >= 15 is 0 Å². The van der Waals surface area contributed by atoms with Crippen molar-refractivity contribution in [1.29, 1.82) is 0 Å². The Balaban J connectivity index is 2.35. The number of benzene rings is 2. The van der Waals surface area contributed by atoms with Crippen molar-refractivity contribution in [1.82, 2.24) is 4.72 Å². The molecule has 18 heavy (non-hydrogen) atoms. The second-order valence-corrected chi connectivity index (χ2v) is 5.98. The zero-order valence-corrected chi connectivity index (χ0v) is 10.8. The van der Waals surface area contributed by atoms with Gasteiger partial charge in [-0.1, -0.05) is 30.3 Å². The summed E-state index contributed by atoms with van der Waals surface area (Å²) in [6.07, 6.45) is -0.708. The van der Waals surface area contributed by atoms with E-state index in [0.717, 1.165) is 10.8 Å². The first kappa shape index (κ1) is 13.0. The monoisotopic (exact) mass is 265 g/mol. The first-order valence-corrected chi connectivity index (χ1v) is 7.14. The van der Waals surface area contributed by atoms with Crippen molar-refractivity contribution in [3.05, 3.63) is 42.5 Å². The molecule has 4 nitrogen and oxygen atoms in total. The van der Waals surface area contributed by atoms with Gasteiger partial charge in [-0.3, -0.25) is 0 Å². The molecule has 0 fully saturated rings. The Bertz CT molecular complexity index is 650. The molecule has 0 saturated carbocycles. The molecule has 0 aliphatic heterocycles. The topological polar surface area (TPSA) is 66.4 Å². The molecular formula is C13H15NO3S. The Kier molecular flexibility index (Phi) is 3.65. The minimum Gasteiger partial charge on any atom is -0.392 e. The summed E-state index contributed by atoms with van der Waals surface area (Å²) in [6.45, 7) is 1.54. The van der Waals surface area contributed by atoms with Gasteiger partial charge in [0.25, 0.3) is 0 Å². The molecule has 0 radical (unpaired) electrons. The normalized spacial score (nSPS) is 13.7. The predicted octanol–water partition coefficient (Wildman–Crippen LogP) is 1.50. The lowest BCUT2D eigenvalue weighted by Crippen LogP contribution is -2.30. The zero-order chi connectivity index (χ0) is 13.2. The highest BCUT2D eigenvalue weighted by Gasteiger charge is 2.14. The van der Waals surface area contributed by atoms with Crippen molar-refractivity contribution >= 4 is 20.8 Å². The zero-order valence-electron chi connectivity index (χ0n) is 10.00. The summed E-state index contributed by atoms with van der Waals surface area (Å²) in [5, 5.41) is 11.0. The lowest BCUT2D eigenvalue weighted by molar-refractivity contribution is 0.198. The molecule has 1 unspecified atom stereocenters. The number of aliphatic hydroxyl groups excluding tert-OH is 1. The lowest BCUT2D eigenvalue weighted by Gasteiger charge is -2.09. The van der Waals surface area contributed by atoms with E-state index in [1.165, 1.54) is 6.92 Å². The minimum atomic E-state index is -3.56. The summed E-state index contributed by atoms with van der Waals surface area (Å²) >= 11 is 0. The van der Waals surface area contributed by atoms with Gasteiger partial charge in [0.1, 0.15) is 0 Å². The second-order valence-electron chi connectivity index (χ2n) is 4.21. The molecule has 0 amide bonds. The highest BCUT2D eigenvalue weighted by molar-refractivity contribution is 7.89. The van der Waals surface area contributed by atoms with Crippen LogP contribution >= 0.6 is 0 Å². The third kappa shape index (κ3) is 2.87. The Morgan fingerprint density at radius 2 is 1.83 bits per heavy atom. The molecule has 0 heterocycles. The van der Waals surface area contributed by atoms with Crippen LogP contribution in [0, 0.1) is 0 Å². The van der Waals surface area contributed by atoms with E-state index in [-0.39, 0.29) is 11.4 Å². The third-order valence-corrected chi connectivity index (χ3v) is 4.02. The van der Waals surface area contributed by atoms with E-state index in [2.05, 4.69) is 4.72 Å². The number of aliphatic hydroxyl groups is 1. The van der Waals surface area contributed by atoms with Crippen LogP contribution < -0.4 is 4.72 Å². The van der Waals surface area contributed by atoms with Crippen LogP contribution in [0.4, 0.5) is 0 Å². The first-order chi connectivity index (χ1) is 8.49. The number of hydrogen-bond acceptors (Lipinski definition) is 3.